The topological polar surface area (TPSA) is 28.7 Å². The first-order valence-corrected chi connectivity index (χ1v) is 1.97. The first kappa shape index (κ1) is 4.31. The average Bonchev–Trinajstić information content (AvgIpc) is 2.14. The fourth-order valence-corrected chi connectivity index (χ4v) is 0.358. The SMILES string of the molecule is [B]=Cc1cnc[nH]1. The van der Waals surface area contributed by atoms with Crippen LogP contribution in [-0.4, -0.2) is 23.4 Å². The second kappa shape index (κ2) is 1.73. The minimum absolute atomic E-state index is 0.847. The van der Waals surface area contributed by atoms with Crippen molar-refractivity contribution in [2.45, 2.75) is 0 Å². The summed E-state index contributed by atoms with van der Waals surface area (Å²) in [7, 11) is 5.10. The third-order valence-electron chi connectivity index (χ3n) is 0.699. The molecule has 0 saturated carbocycles. The number of imidazole rings is 1. The molecule has 3 heteroatoms. The van der Waals surface area contributed by atoms with Gasteiger partial charge in [0.15, 0.2) is 0 Å². The first-order chi connectivity index (χ1) is 3.43. The van der Waals surface area contributed by atoms with Gasteiger partial charge in [0.25, 0.3) is 0 Å². The zero-order valence-corrected chi connectivity index (χ0v) is 3.76. The Morgan fingerprint density at radius 3 is 3.00 bits per heavy atom. The quantitative estimate of drug-likeness (QED) is 0.473. The molecule has 0 spiro atoms. The van der Waals surface area contributed by atoms with Crippen molar-refractivity contribution < 1.29 is 0 Å². The molecule has 0 bridgehead atoms. The van der Waals surface area contributed by atoms with Crippen molar-refractivity contribution in [3.63, 3.8) is 0 Å². The number of hydrogen-bond acceptors (Lipinski definition) is 1. The van der Waals surface area contributed by atoms with Crippen LogP contribution in [0.4, 0.5) is 0 Å². The summed E-state index contributed by atoms with van der Waals surface area (Å²) in [5, 5.41) is 0. The van der Waals surface area contributed by atoms with E-state index in [1.165, 1.54) is 5.97 Å². The average molecular weight is 90.9 g/mol. The molecule has 0 aliphatic rings. The van der Waals surface area contributed by atoms with E-state index in [-0.39, 0.29) is 0 Å². The van der Waals surface area contributed by atoms with Crippen LogP contribution < -0.4 is 0 Å². The molecule has 0 fully saturated rings. The molecule has 1 aromatic heterocycles. The van der Waals surface area contributed by atoms with Gasteiger partial charge in [-0.15, -0.1) is 0 Å². The predicted molar refractivity (Wildman–Crippen MR) is 29.5 cm³/mol. The Morgan fingerprint density at radius 2 is 2.71 bits per heavy atom. The Kier molecular flexibility index (Phi) is 1.07. The van der Waals surface area contributed by atoms with Crippen molar-refractivity contribution in [2.75, 3.05) is 0 Å². The molecule has 0 aliphatic carbocycles. The van der Waals surface area contributed by atoms with Crippen molar-refractivity contribution in [3.8, 4) is 0 Å². The number of H-pyrrole nitrogens is 1. The van der Waals surface area contributed by atoms with Crippen LogP contribution in [-0.2, 0) is 0 Å². The summed E-state index contributed by atoms with van der Waals surface area (Å²) in [5.41, 5.74) is 0.847. The summed E-state index contributed by atoms with van der Waals surface area (Å²) < 4.78 is 0. The third kappa shape index (κ3) is 0.767. The van der Waals surface area contributed by atoms with Gasteiger partial charge < -0.3 is 0 Å². The summed E-state index contributed by atoms with van der Waals surface area (Å²) in [6, 6.07) is 0. The van der Waals surface area contributed by atoms with Crippen molar-refractivity contribution in [2.24, 2.45) is 0 Å². The number of nitrogens with one attached hydrogen (secondary N) is 1. The van der Waals surface area contributed by atoms with Crippen LogP contribution in [0.2, 0.25) is 0 Å². The minimum atomic E-state index is 0.847. The number of hydrogen-bond donors (Lipinski definition) is 1. The molecule has 0 atom stereocenters. The Hall–Kier alpha value is -0.855. The molecule has 2 nitrogen and oxygen atoms in total. The van der Waals surface area contributed by atoms with E-state index >= 15 is 0 Å². The third-order valence-corrected chi connectivity index (χ3v) is 0.699. The maximum absolute atomic E-state index is 5.10. The molecule has 1 rings (SSSR count). The van der Waals surface area contributed by atoms with Gasteiger partial charge in [-0.3, -0.25) is 0 Å². The molecule has 1 N–H and O–H groups in total. The van der Waals surface area contributed by atoms with Crippen LogP contribution in [0.15, 0.2) is 12.5 Å². The Labute approximate surface area is 42.7 Å². The number of aromatic amines is 1. The van der Waals surface area contributed by atoms with Gasteiger partial charge in [0.05, 0.1) is 0 Å². The maximum atomic E-state index is 5.10. The Bertz CT molecular complexity index is 145. The van der Waals surface area contributed by atoms with Gasteiger partial charge >= 0.3 is 41.6 Å². The molecule has 0 aromatic carbocycles. The first-order valence-electron chi connectivity index (χ1n) is 1.97. The van der Waals surface area contributed by atoms with E-state index in [2.05, 4.69) is 9.97 Å². The van der Waals surface area contributed by atoms with E-state index in [0.717, 1.165) is 5.69 Å². The van der Waals surface area contributed by atoms with Gasteiger partial charge in [-0.1, -0.05) is 0 Å². The molecule has 0 unspecified atom stereocenters. The Morgan fingerprint density at radius 1 is 1.86 bits per heavy atom. The van der Waals surface area contributed by atoms with Crippen LogP contribution in [0.3, 0.4) is 0 Å². The van der Waals surface area contributed by atoms with Gasteiger partial charge in [-0.05, 0) is 0 Å². The fourth-order valence-electron chi connectivity index (χ4n) is 0.358. The van der Waals surface area contributed by atoms with Gasteiger partial charge in [-0.2, -0.15) is 0 Å². The molecule has 0 aliphatic heterocycles. The van der Waals surface area contributed by atoms with E-state index in [0.29, 0.717) is 0 Å². The van der Waals surface area contributed by atoms with E-state index in [9.17, 15) is 0 Å². The monoisotopic (exact) mass is 91.0 g/mol. The second-order valence-electron chi connectivity index (χ2n) is 1.17. The predicted octanol–water partition coefficient (Wildman–Crippen LogP) is -0.272. The molecule has 1 heterocycles. The summed E-state index contributed by atoms with van der Waals surface area (Å²) >= 11 is 0. The molecule has 33 valence electrons. The summed E-state index contributed by atoms with van der Waals surface area (Å²) in [6.45, 7) is 0. The van der Waals surface area contributed by atoms with Gasteiger partial charge in [0.1, 0.15) is 0 Å². The van der Waals surface area contributed by atoms with Crippen molar-refractivity contribution in [3.05, 3.63) is 18.2 Å². The van der Waals surface area contributed by atoms with Gasteiger partial charge in [0.2, 0.25) is 0 Å². The van der Waals surface area contributed by atoms with Crippen LogP contribution in [0.1, 0.15) is 5.69 Å². The normalized spacial score (nSPS) is 8.43. The van der Waals surface area contributed by atoms with Crippen molar-refractivity contribution in [1.29, 1.82) is 0 Å². The summed E-state index contributed by atoms with van der Waals surface area (Å²) in [5.74, 6) is 1.47. The Balaban J connectivity index is 2.96. The van der Waals surface area contributed by atoms with E-state index in [1.807, 2.05) is 0 Å². The second-order valence-corrected chi connectivity index (χ2v) is 1.17. The van der Waals surface area contributed by atoms with Crippen LogP contribution in [0.25, 0.3) is 0 Å². The standard InChI is InChI=1S/C4H4BN2/c5-1-4-2-6-3-7-4/h1-3H,(H,6,7). The van der Waals surface area contributed by atoms with Gasteiger partial charge in [0, 0.05) is 0 Å². The van der Waals surface area contributed by atoms with Crippen molar-refractivity contribution in [1.82, 2.24) is 9.97 Å². The zero-order chi connectivity index (χ0) is 5.11. The number of nitrogens with zero attached hydrogens (tertiary/aromatic N) is 1. The van der Waals surface area contributed by atoms with Crippen LogP contribution in [0.5, 0.6) is 0 Å². The van der Waals surface area contributed by atoms with Crippen LogP contribution in [0, 0.1) is 0 Å². The zero-order valence-electron chi connectivity index (χ0n) is 3.76. The van der Waals surface area contributed by atoms with Gasteiger partial charge in [-0.25, -0.2) is 0 Å². The molecular formula is C4H4BN2. The number of rotatable bonds is 1. The molecular weight excluding hydrogens is 86.9 g/mol. The fraction of sp³-hybridized carbons (Fsp3) is 0. The van der Waals surface area contributed by atoms with E-state index < -0.39 is 0 Å². The molecule has 0 amide bonds. The summed E-state index contributed by atoms with van der Waals surface area (Å²) in [6.07, 6.45) is 3.23. The molecule has 7 heavy (non-hydrogen) atoms. The van der Waals surface area contributed by atoms with E-state index in [1.54, 1.807) is 12.5 Å². The van der Waals surface area contributed by atoms with Crippen LogP contribution >= 0.6 is 0 Å². The van der Waals surface area contributed by atoms with Crippen molar-refractivity contribution >= 4 is 13.5 Å². The van der Waals surface area contributed by atoms with E-state index in [4.69, 9.17) is 7.49 Å². The molecule has 0 saturated heterocycles. The molecule has 1 radical (unpaired) electrons. The molecule has 1 aromatic rings. The summed E-state index contributed by atoms with van der Waals surface area (Å²) in [4.78, 5) is 6.52. The number of aromatic nitrogens is 2.